The highest BCUT2D eigenvalue weighted by molar-refractivity contribution is 6.18. The highest BCUT2D eigenvalue weighted by Gasteiger charge is 2.19. The zero-order chi connectivity index (χ0) is 9.23. The van der Waals surface area contributed by atoms with Crippen LogP contribution < -0.4 is 0 Å². The van der Waals surface area contributed by atoms with E-state index in [1.54, 1.807) is 0 Å². The fourth-order valence-electron chi connectivity index (χ4n) is 0.383. The molecule has 0 aromatic carbocycles. The van der Waals surface area contributed by atoms with Crippen molar-refractivity contribution in [3.8, 4) is 0 Å². The monoisotopic (exact) mass is 212 g/mol. The summed E-state index contributed by atoms with van der Waals surface area (Å²) in [6.07, 6.45) is 0.400. The van der Waals surface area contributed by atoms with E-state index in [2.05, 4.69) is 0 Å². The highest BCUT2D eigenvalue weighted by Crippen LogP contribution is 2.08. The molecule has 0 aliphatic carbocycles. The molecule has 0 aromatic rings. The molecule has 0 N–H and O–H groups in total. The normalized spacial score (nSPS) is 19.8. The van der Waals surface area contributed by atoms with E-state index in [0.29, 0.717) is 12.0 Å². The van der Waals surface area contributed by atoms with Gasteiger partial charge in [0.1, 0.15) is 0 Å². The van der Waals surface area contributed by atoms with Crippen LogP contribution in [0, 0.1) is 0 Å². The number of hydrogen-bond acceptors (Lipinski definition) is 3. The fourth-order valence-corrected chi connectivity index (χ4v) is 1.01. The van der Waals surface area contributed by atoms with Crippen LogP contribution in [0.15, 0.2) is 0 Å². The van der Waals surface area contributed by atoms with Gasteiger partial charge in [0, 0.05) is 13.2 Å². The van der Waals surface area contributed by atoms with Crippen LogP contribution in [-0.4, -0.2) is 41.8 Å². The second kappa shape index (κ2) is 9.47. The minimum atomic E-state index is -0.589. The third-order valence-electron chi connectivity index (χ3n) is 1.15. The SMILES string of the molecule is CCO[SiH2]OCC.ClCC1CO1. The average molecular weight is 213 g/mol. The molecule has 1 rings (SSSR count). The van der Waals surface area contributed by atoms with Gasteiger partial charge in [-0.3, -0.25) is 0 Å². The van der Waals surface area contributed by atoms with Crippen molar-refractivity contribution in [2.45, 2.75) is 20.0 Å². The van der Waals surface area contributed by atoms with Crippen molar-refractivity contribution in [2.75, 3.05) is 25.7 Å². The van der Waals surface area contributed by atoms with E-state index < -0.39 is 10.0 Å². The lowest BCUT2D eigenvalue weighted by atomic mass is 10.6. The van der Waals surface area contributed by atoms with E-state index >= 15 is 0 Å². The summed E-state index contributed by atoms with van der Waals surface area (Å²) in [4.78, 5) is 0. The predicted octanol–water partition coefficient (Wildman–Crippen LogP) is 0.682. The largest absolute Gasteiger partial charge is 0.399 e. The molecule has 3 nitrogen and oxygen atoms in total. The zero-order valence-corrected chi connectivity index (χ0v) is 9.89. The van der Waals surface area contributed by atoms with Gasteiger partial charge in [0.05, 0.1) is 18.6 Å². The van der Waals surface area contributed by atoms with Gasteiger partial charge in [-0.2, -0.15) is 0 Å². The van der Waals surface area contributed by atoms with E-state index in [4.69, 9.17) is 25.2 Å². The molecule has 1 aliphatic rings. The van der Waals surface area contributed by atoms with E-state index in [1.807, 2.05) is 13.8 Å². The third kappa shape index (κ3) is 10.4. The molecule has 74 valence electrons. The second-order valence-electron chi connectivity index (χ2n) is 2.21. The molecule has 0 radical (unpaired) electrons. The van der Waals surface area contributed by atoms with Crippen molar-refractivity contribution in [1.29, 1.82) is 0 Å². The summed E-state index contributed by atoms with van der Waals surface area (Å²) in [5.74, 6) is 0.667. The Bertz CT molecular complexity index is 86.7. The van der Waals surface area contributed by atoms with Gasteiger partial charge >= 0.3 is 10.0 Å². The van der Waals surface area contributed by atoms with Crippen LogP contribution >= 0.6 is 11.6 Å². The lowest BCUT2D eigenvalue weighted by molar-refractivity contribution is 0.240. The van der Waals surface area contributed by atoms with Crippen LogP contribution in [0.5, 0.6) is 0 Å². The second-order valence-corrected chi connectivity index (χ2v) is 3.57. The molecule has 1 saturated heterocycles. The molecule has 1 atom stereocenters. The van der Waals surface area contributed by atoms with Gasteiger partial charge < -0.3 is 13.6 Å². The van der Waals surface area contributed by atoms with Gasteiger partial charge in [0.2, 0.25) is 0 Å². The summed E-state index contributed by atoms with van der Waals surface area (Å²) < 4.78 is 14.7. The van der Waals surface area contributed by atoms with Crippen molar-refractivity contribution in [1.82, 2.24) is 0 Å². The van der Waals surface area contributed by atoms with Gasteiger partial charge in [-0.05, 0) is 13.8 Å². The summed E-state index contributed by atoms with van der Waals surface area (Å²) >= 11 is 5.27. The smallest absolute Gasteiger partial charge is 0.304 e. The number of halogens is 1. The molecule has 0 saturated carbocycles. The fraction of sp³-hybridized carbons (Fsp3) is 1.00. The Morgan fingerprint density at radius 3 is 2.08 bits per heavy atom. The number of alkyl halides is 1. The maximum atomic E-state index is 5.27. The first-order valence-electron chi connectivity index (χ1n) is 4.18. The van der Waals surface area contributed by atoms with Crippen molar-refractivity contribution in [3.63, 3.8) is 0 Å². The topological polar surface area (TPSA) is 31.0 Å². The molecule has 1 fully saturated rings. The van der Waals surface area contributed by atoms with Gasteiger partial charge in [-0.15, -0.1) is 11.6 Å². The third-order valence-corrected chi connectivity index (χ3v) is 2.64. The summed E-state index contributed by atoms with van der Waals surface area (Å²) in [5, 5.41) is 0. The van der Waals surface area contributed by atoms with Crippen molar-refractivity contribution < 1.29 is 13.6 Å². The Balaban J connectivity index is 0.000000211. The summed E-state index contributed by atoms with van der Waals surface area (Å²) in [6, 6.07) is 0. The van der Waals surface area contributed by atoms with Crippen LogP contribution in [0.25, 0.3) is 0 Å². The Kier molecular flexibility index (Phi) is 9.78. The lowest BCUT2D eigenvalue weighted by Gasteiger charge is -1.96. The van der Waals surface area contributed by atoms with Gasteiger partial charge in [0.25, 0.3) is 0 Å². The molecule has 1 heterocycles. The Hall–Kier alpha value is 0.387. The predicted molar refractivity (Wildman–Crippen MR) is 52.3 cm³/mol. The van der Waals surface area contributed by atoms with Crippen LogP contribution in [0.1, 0.15) is 13.8 Å². The first-order chi connectivity index (χ1) is 5.85. The molecule has 0 spiro atoms. The molecule has 5 heteroatoms. The van der Waals surface area contributed by atoms with Crippen LogP contribution in [0.2, 0.25) is 0 Å². The van der Waals surface area contributed by atoms with Crippen LogP contribution in [-0.2, 0) is 13.6 Å². The standard InChI is InChI=1S/C4H12O2Si.C3H5ClO/c1-3-5-7-6-4-2;4-1-3-2-5-3/h3-4,7H2,1-2H3;3H,1-2H2. The summed E-state index contributed by atoms with van der Waals surface area (Å²) in [7, 11) is -0.589. The molecular weight excluding hydrogens is 196 g/mol. The Morgan fingerprint density at radius 2 is 1.92 bits per heavy atom. The molecule has 0 aromatic heterocycles. The molecule has 12 heavy (non-hydrogen) atoms. The maximum Gasteiger partial charge on any atom is 0.304 e. The molecule has 0 bridgehead atoms. The number of ether oxygens (including phenoxy) is 1. The summed E-state index contributed by atoms with van der Waals surface area (Å²) in [5.41, 5.74) is 0. The van der Waals surface area contributed by atoms with E-state index in [1.165, 1.54) is 0 Å². The molecule has 1 aliphatic heterocycles. The summed E-state index contributed by atoms with van der Waals surface area (Å²) in [6.45, 7) is 6.43. The molecular formula is C7H17ClO3Si. The maximum absolute atomic E-state index is 5.27. The first-order valence-corrected chi connectivity index (χ1v) is 5.87. The Morgan fingerprint density at radius 1 is 1.42 bits per heavy atom. The molecule has 1 unspecified atom stereocenters. The first kappa shape index (κ1) is 12.4. The average Bonchev–Trinajstić information content (AvgIpc) is 2.89. The van der Waals surface area contributed by atoms with Crippen LogP contribution in [0.4, 0.5) is 0 Å². The number of rotatable bonds is 5. The van der Waals surface area contributed by atoms with Gasteiger partial charge in [-0.25, -0.2) is 0 Å². The van der Waals surface area contributed by atoms with Crippen molar-refractivity contribution in [2.24, 2.45) is 0 Å². The van der Waals surface area contributed by atoms with Gasteiger partial charge in [-0.1, -0.05) is 0 Å². The van der Waals surface area contributed by atoms with Gasteiger partial charge in [0.15, 0.2) is 0 Å². The minimum Gasteiger partial charge on any atom is -0.399 e. The van der Waals surface area contributed by atoms with Crippen molar-refractivity contribution >= 4 is 21.6 Å². The highest BCUT2D eigenvalue weighted by atomic mass is 35.5. The number of epoxide rings is 1. The van der Waals surface area contributed by atoms with E-state index in [9.17, 15) is 0 Å². The lowest BCUT2D eigenvalue weighted by Crippen LogP contribution is -2.02. The van der Waals surface area contributed by atoms with Crippen molar-refractivity contribution in [3.05, 3.63) is 0 Å². The zero-order valence-electron chi connectivity index (χ0n) is 7.72. The molecule has 0 amide bonds. The van der Waals surface area contributed by atoms with Crippen LogP contribution in [0.3, 0.4) is 0 Å². The van der Waals surface area contributed by atoms with E-state index in [-0.39, 0.29) is 0 Å². The Labute approximate surface area is 81.4 Å². The van der Waals surface area contributed by atoms with E-state index in [0.717, 1.165) is 19.8 Å². The quantitative estimate of drug-likeness (QED) is 0.291. The minimum absolute atomic E-state index is 0.400. The number of hydrogen-bond donors (Lipinski definition) is 0.